The van der Waals surface area contributed by atoms with Crippen molar-refractivity contribution in [3.05, 3.63) is 27.7 Å². The molecule has 3 nitrogen and oxygen atoms in total. The summed E-state index contributed by atoms with van der Waals surface area (Å²) in [5, 5.41) is 8.44. The number of alkyl halides is 2. The predicted octanol–water partition coefficient (Wildman–Crippen LogP) is 2.55. The third-order valence-corrected chi connectivity index (χ3v) is 2.38. The number of aliphatic carboxylic acids is 1. The molecule has 0 unspecified atom stereocenters. The van der Waals surface area contributed by atoms with Crippen LogP contribution in [0.2, 0.25) is 0 Å². The normalized spacial score (nSPS) is 10.7. The first kappa shape index (κ1) is 12.0. The average Bonchev–Trinajstić information content (AvgIpc) is 2.11. The molecule has 0 amide bonds. The summed E-state index contributed by atoms with van der Waals surface area (Å²) in [5.74, 6) is -2.22. The van der Waals surface area contributed by atoms with Crippen molar-refractivity contribution in [1.82, 2.24) is 4.98 Å². The van der Waals surface area contributed by atoms with Gasteiger partial charge in [-0.2, -0.15) is 0 Å². The summed E-state index contributed by atoms with van der Waals surface area (Å²) in [4.78, 5) is 13.7. The highest BCUT2D eigenvalue weighted by atomic mass is 79.9. The van der Waals surface area contributed by atoms with Gasteiger partial charge in [-0.3, -0.25) is 4.79 Å². The topological polar surface area (TPSA) is 50.2 Å². The molecular weight excluding hydrogens is 279 g/mol. The van der Waals surface area contributed by atoms with Crippen LogP contribution < -0.4 is 0 Å². The molecule has 0 aliphatic carbocycles. The van der Waals surface area contributed by atoms with Crippen molar-refractivity contribution in [2.24, 2.45) is 0 Å². The molecular formula is C8H5BrF3NO2. The van der Waals surface area contributed by atoms with Gasteiger partial charge >= 0.3 is 5.97 Å². The average molecular weight is 284 g/mol. The number of carbonyl (C=O) groups is 1. The van der Waals surface area contributed by atoms with Gasteiger partial charge in [0.1, 0.15) is 11.5 Å². The number of carboxylic acid groups (broad SMARTS) is 1. The van der Waals surface area contributed by atoms with Gasteiger partial charge in [-0.15, -0.1) is 0 Å². The Bertz CT molecular complexity index is 398. The van der Waals surface area contributed by atoms with E-state index in [4.69, 9.17) is 5.11 Å². The number of pyridine rings is 1. The number of aromatic nitrogens is 1. The van der Waals surface area contributed by atoms with Crippen LogP contribution in [0.4, 0.5) is 13.2 Å². The second-order valence-corrected chi connectivity index (χ2v) is 3.45. The number of halogens is 4. The van der Waals surface area contributed by atoms with Gasteiger partial charge in [-0.25, -0.2) is 18.2 Å². The maximum atomic E-state index is 13.0. The summed E-state index contributed by atoms with van der Waals surface area (Å²) >= 11 is 2.75. The lowest BCUT2D eigenvalue weighted by atomic mass is 10.2. The summed E-state index contributed by atoms with van der Waals surface area (Å²) in [7, 11) is 0. The van der Waals surface area contributed by atoms with Crippen molar-refractivity contribution in [3.63, 3.8) is 0 Å². The van der Waals surface area contributed by atoms with Gasteiger partial charge in [0.15, 0.2) is 0 Å². The largest absolute Gasteiger partial charge is 0.481 e. The Labute approximate surface area is 91.1 Å². The second-order valence-electron chi connectivity index (χ2n) is 2.66. The van der Waals surface area contributed by atoms with Crippen molar-refractivity contribution < 1.29 is 23.1 Å². The monoisotopic (exact) mass is 283 g/mol. The van der Waals surface area contributed by atoms with E-state index in [0.717, 1.165) is 0 Å². The van der Waals surface area contributed by atoms with Gasteiger partial charge in [-0.05, 0) is 15.9 Å². The Morgan fingerprint density at radius 2 is 2.20 bits per heavy atom. The lowest BCUT2D eigenvalue weighted by Gasteiger charge is -2.05. The molecule has 0 saturated heterocycles. The maximum absolute atomic E-state index is 13.0. The Kier molecular flexibility index (Phi) is 3.67. The number of hydrogen-bond donors (Lipinski definition) is 1. The summed E-state index contributed by atoms with van der Waals surface area (Å²) in [6.07, 6.45) is -3.54. The van der Waals surface area contributed by atoms with E-state index in [1.807, 2.05) is 0 Å². The molecule has 0 aliphatic rings. The first-order chi connectivity index (χ1) is 6.91. The molecule has 0 atom stereocenters. The zero-order valence-corrected chi connectivity index (χ0v) is 8.76. The SMILES string of the molecule is O=C(O)Cc1nc(C(F)F)cc(F)c1Br. The number of rotatable bonds is 3. The Balaban J connectivity index is 3.18. The number of nitrogens with zero attached hydrogens (tertiary/aromatic N) is 1. The van der Waals surface area contributed by atoms with Crippen molar-refractivity contribution in [3.8, 4) is 0 Å². The van der Waals surface area contributed by atoms with E-state index in [1.54, 1.807) is 0 Å². The van der Waals surface area contributed by atoms with E-state index < -0.39 is 30.3 Å². The van der Waals surface area contributed by atoms with E-state index in [9.17, 15) is 18.0 Å². The molecule has 1 N–H and O–H groups in total. The minimum absolute atomic E-state index is 0.200. The van der Waals surface area contributed by atoms with Crippen molar-refractivity contribution in [2.45, 2.75) is 12.8 Å². The highest BCUT2D eigenvalue weighted by molar-refractivity contribution is 9.10. The summed E-state index contributed by atoms with van der Waals surface area (Å²) in [5.41, 5.74) is -1.02. The van der Waals surface area contributed by atoms with Crippen molar-refractivity contribution in [1.29, 1.82) is 0 Å². The molecule has 15 heavy (non-hydrogen) atoms. The van der Waals surface area contributed by atoms with Crippen LogP contribution in [0.25, 0.3) is 0 Å². The fourth-order valence-corrected chi connectivity index (χ4v) is 1.28. The third kappa shape index (κ3) is 2.92. The first-order valence-corrected chi connectivity index (χ1v) is 4.56. The molecule has 7 heteroatoms. The van der Waals surface area contributed by atoms with E-state index in [1.165, 1.54) is 0 Å². The van der Waals surface area contributed by atoms with Gasteiger partial charge in [0.2, 0.25) is 0 Å². The molecule has 1 rings (SSSR count). The van der Waals surface area contributed by atoms with Gasteiger partial charge in [0.05, 0.1) is 16.6 Å². The van der Waals surface area contributed by atoms with Crippen LogP contribution in [-0.2, 0) is 11.2 Å². The third-order valence-electron chi connectivity index (χ3n) is 1.54. The second kappa shape index (κ2) is 4.61. The predicted molar refractivity (Wildman–Crippen MR) is 48.2 cm³/mol. The van der Waals surface area contributed by atoms with E-state index in [2.05, 4.69) is 20.9 Å². The molecule has 0 saturated carbocycles. The fraction of sp³-hybridized carbons (Fsp3) is 0.250. The lowest BCUT2D eigenvalue weighted by Crippen LogP contribution is -2.07. The van der Waals surface area contributed by atoms with Crippen LogP contribution in [0.5, 0.6) is 0 Å². The molecule has 0 bridgehead atoms. The van der Waals surface area contributed by atoms with Crippen LogP contribution in [0.1, 0.15) is 17.8 Å². The minimum atomic E-state index is -2.93. The molecule has 0 aliphatic heterocycles. The van der Waals surface area contributed by atoms with Gasteiger partial charge in [-0.1, -0.05) is 0 Å². The summed E-state index contributed by atoms with van der Waals surface area (Å²) in [6.45, 7) is 0. The molecule has 82 valence electrons. The van der Waals surface area contributed by atoms with Crippen LogP contribution in [0.3, 0.4) is 0 Å². The van der Waals surface area contributed by atoms with Gasteiger partial charge in [0.25, 0.3) is 6.43 Å². The maximum Gasteiger partial charge on any atom is 0.309 e. The zero-order valence-electron chi connectivity index (χ0n) is 7.18. The van der Waals surface area contributed by atoms with Crippen LogP contribution in [0, 0.1) is 5.82 Å². The van der Waals surface area contributed by atoms with Gasteiger partial charge < -0.3 is 5.11 Å². The zero-order chi connectivity index (χ0) is 11.6. The molecule has 0 aromatic carbocycles. The highest BCUT2D eigenvalue weighted by Crippen LogP contribution is 2.25. The highest BCUT2D eigenvalue weighted by Gasteiger charge is 2.17. The Hall–Kier alpha value is -1.11. The van der Waals surface area contributed by atoms with Crippen molar-refractivity contribution in [2.75, 3.05) is 0 Å². The van der Waals surface area contributed by atoms with E-state index in [-0.39, 0.29) is 10.2 Å². The minimum Gasteiger partial charge on any atom is -0.481 e. The fourth-order valence-electron chi connectivity index (χ4n) is 0.940. The van der Waals surface area contributed by atoms with E-state index in [0.29, 0.717) is 6.07 Å². The Morgan fingerprint density at radius 3 is 2.67 bits per heavy atom. The van der Waals surface area contributed by atoms with Crippen LogP contribution in [0.15, 0.2) is 10.5 Å². The van der Waals surface area contributed by atoms with Crippen LogP contribution in [-0.4, -0.2) is 16.1 Å². The van der Waals surface area contributed by atoms with Crippen molar-refractivity contribution >= 4 is 21.9 Å². The molecule has 0 spiro atoms. The molecule has 1 aromatic rings. The van der Waals surface area contributed by atoms with Crippen LogP contribution >= 0.6 is 15.9 Å². The number of hydrogen-bond acceptors (Lipinski definition) is 2. The standard InChI is InChI=1S/C8H5BrF3NO2/c9-7-3(10)1-5(8(11)12)13-4(7)2-6(14)15/h1,8H,2H2,(H,14,15). The smallest absolute Gasteiger partial charge is 0.309 e. The number of carboxylic acids is 1. The molecule has 0 fully saturated rings. The molecule has 1 aromatic heterocycles. The first-order valence-electron chi connectivity index (χ1n) is 3.76. The summed E-state index contributed by atoms with van der Waals surface area (Å²) < 4.78 is 37.2. The summed E-state index contributed by atoms with van der Waals surface area (Å²) in [6, 6.07) is 0.570. The molecule has 0 radical (unpaired) electrons. The van der Waals surface area contributed by atoms with E-state index >= 15 is 0 Å². The molecule has 1 heterocycles. The quantitative estimate of drug-likeness (QED) is 0.928. The Morgan fingerprint density at radius 1 is 1.60 bits per heavy atom. The van der Waals surface area contributed by atoms with Gasteiger partial charge in [0, 0.05) is 6.07 Å². The lowest BCUT2D eigenvalue weighted by molar-refractivity contribution is -0.136.